The summed E-state index contributed by atoms with van der Waals surface area (Å²) in [6, 6.07) is 14.2. The van der Waals surface area contributed by atoms with E-state index in [-0.39, 0.29) is 22.8 Å². The van der Waals surface area contributed by atoms with E-state index in [1.165, 1.54) is 14.2 Å². The van der Waals surface area contributed by atoms with E-state index in [0.29, 0.717) is 28.0 Å². The highest BCUT2D eigenvalue weighted by Gasteiger charge is 2.37. The second kappa shape index (κ2) is 10.3. The molecule has 9 heteroatoms. The first-order valence-corrected chi connectivity index (χ1v) is 10.6. The van der Waals surface area contributed by atoms with Gasteiger partial charge >= 0.3 is 5.63 Å². The normalized spacial score (nSPS) is 17.0. The van der Waals surface area contributed by atoms with E-state index in [1.54, 1.807) is 42.5 Å². The Labute approximate surface area is 195 Å². The molecule has 0 bridgehead atoms. The van der Waals surface area contributed by atoms with Crippen LogP contribution in [0.25, 0.3) is 11.0 Å². The van der Waals surface area contributed by atoms with Crippen LogP contribution in [0.5, 0.6) is 17.2 Å². The molecule has 9 nitrogen and oxygen atoms in total. The third kappa shape index (κ3) is 4.41. The lowest BCUT2D eigenvalue weighted by Crippen LogP contribution is -2.26. The smallest absolute Gasteiger partial charge is 0.344 e. The Bertz CT molecular complexity index is 1310. The number of fused-ring (bicyclic) bond motifs is 3. The Morgan fingerprint density at radius 3 is 2.35 bits per heavy atom. The Hall–Kier alpha value is -4.00. The van der Waals surface area contributed by atoms with Crippen molar-refractivity contribution in [3.63, 3.8) is 0 Å². The van der Waals surface area contributed by atoms with E-state index in [9.17, 15) is 10.1 Å². The van der Waals surface area contributed by atoms with Crippen molar-refractivity contribution in [3.05, 3.63) is 75.5 Å². The van der Waals surface area contributed by atoms with Gasteiger partial charge in [0.2, 0.25) is 5.88 Å². The molecule has 34 heavy (non-hydrogen) atoms. The summed E-state index contributed by atoms with van der Waals surface area (Å²) in [4.78, 5) is 12.9. The standard InChI is InChI=1S/C21H16N2O5.C4H8O2/c1-25-11-7-8-12(16(9-11)26-2)17-14(10-22)20(23)28-19-13-5-3-4-6-15(13)27-21(24)18(17)19;1-2-6-4-3-5-1/h3-9,17H,23H2,1-2H3;1-4H2. The lowest BCUT2D eigenvalue weighted by atomic mass is 9.83. The Kier molecular flexibility index (Phi) is 7.01. The van der Waals surface area contributed by atoms with Gasteiger partial charge in [0.1, 0.15) is 28.7 Å². The average molecular weight is 464 g/mol. The van der Waals surface area contributed by atoms with Crippen LogP contribution >= 0.6 is 0 Å². The molecule has 2 aliphatic rings. The fourth-order valence-corrected chi connectivity index (χ4v) is 3.87. The second-order valence-corrected chi connectivity index (χ2v) is 7.39. The summed E-state index contributed by atoms with van der Waals surface area (Å²) in [7, 11) is 3.04. The molecule has 0 spiro atoms. The zero-order chi connectivity index (χ0) is 24.1. The zero-order valence-electron chi connectivity index (χ0n) is 18.8. The minimum atomic E-state index is -0.796. The number of nitriles is 1. The maximum absolute atomic E-state index is 12.9. The van der Waals surface area contributed by atoms with Gasteiger partial charge in [-0.1, -0.05) is 18.2 Å². The molecule has 3 heterocycles. The van der Waals surface area contributed by atoms with Crippen molar-refractivity contribution in [2.45, 2.75) is 5.92 Å². The highest BCUT2D eigenvalue weighted by molar-refractivity contribution is 5.86. The van der Waals surface area contributed by atoms with E-state index in [4.69, 9.17) is 33.8 Å². The van der Waals surface area contributed by atoms with Gasteiger partial charge in [0.25, 0.3) is 0 Å². The molecule has 1 aromatic heterocycles. The number of benzene rings is 2. The molecule has 0 aliphatic carbocycles. The van der Waals surface area contributed by atoms with Crippen LogP contribution in [-0.2, 0) is 9.47 Å². The van der Waals surface area contributed by atoms with Crippen LogP contribution in [0.1, 0.15) is 17.0 Å². The average Bonchev–Trinajstić information content (AvgIpc) is 2.89. The lowest BCUT2D eigenvalue weighted by Gasteiger charge is -2.27. The minimum absolute atomic E-state index is 0.0615. The van der Waals surface area contributed by atoms with Gasteiger partial charge in [-0.3, -0.25) is 0 Å². The molecular formula is C25H24N2O7. The van der Waals surface area contributed by atoms with Gasteiger partial charge < -0.3 is 33.8 Å². The van der Waals surface area contributed by atoms with Crippen LogP contribution in [0.3, 0.4) is 0 Å². The SMILES string of the molecule is C1COCCO1.COc1ccc(C2C(C#N)=C(N)Oc3c2c(=O)oc2ccccc32)c(OC)c1. The molecule has 3 aromatic rings. The Balaban J connectivity index is 0.000000398. The molecule has 5 rings (SSSR count). The second-order valence-electron chi connectivity index (χ2n) is 7.39. The van der Waals surface area contributed by atoms with Crippen molar-refractivity contribution in [2.24, 2.45) is 5.73 Å². The largest absolute Gasteiger partial charge is 0.497 e. The van der Waals surface area contributed by atoms with E-state index in [1.807, 2.05) is 0 Å². The molecular weight excluding hydrogens is 440 g/mol. The topological polar surface area (TPSA) is 126 Å². The molecule has 1 unspecified atom stereocenters. The van der Waals surface area contributed by atoms with E-state index < -0.39 is 11.5 Å². The van der Waals surface area contributed by atoms with Crippen molar-refractivity contribution in [2.75, 3.05) is 40.6 Å². The Morgan fingerprint density at radius 1 is 1.03 bits per heavy atom. The molecule has 2 aromatic carbocycles. The minimum Gasteiger partial charge on any atom is -0.497 e. The number of ether oxygens (including phenoxy) is 5. The van der Waals surface area contributed by atoms with Gasteiger partial charge in [-0.15, -0.1) is 0 Å². The first-order chi connectivity index (χ1) is 16.6. The zero-order valence-corrected chi connectivity index (χ0v) is 18.8. The molecule has 0 amide bonds. The highest BCUT2D eigenvalue weighted by Crippen LogP contribution is 2.46. The number of hydrogen-bond donors (Lipinski definition) is 1. The van der Waals surface area contributed by atoms with Crippen LogP contribution in [-0.4, -0.2) is 40.6 Å². The van der Waals surface area contributed by atoms with Gasteiger partial charge in [-0.05, 0) is 18.2 Å². The third-order valence-corrected chi connectivity index (χ3v) is 5.47. The van der Waals surface area contributed by atoms with Gasteiger partial charge in [0, 0.05) is 11.6 Å². The van der Waals surface area contributed by atoms with Crippen LogP contribution < -0.4 is 25.6 Å². The number of nitrogens with two attached hydrogens (primary N) is 1. The highest BCUT2D eigenvalue weighted by atomic mass is 16.6. The molecule has 1 fully saturated rings. The number of rotatable bonds is 3. The predicted molar refractivity (Wildman–Crippen MR) is 123 cm³/mol. The number of methoxy groups -OCH3 is 2. The molecule has 2 N–H and O–H groups in total. The van der Waals surface area contributed by atoms with Crippen LogP contribution in [0.4, 0.5) is 0 Å². The van der Waals surface area contributed by atoms with E-state index in [2.05, 4.69) is 6.07 Å². The summed E-state index contributed by atoms with van der Waals surface area (Å²) in [5.74, 6) is 0.453. The first kappa shape index (κ1) is 23.2. The molecule has 176 valence electrons. The summed E-state index contributed by atoms with van der Waals surface area (Å²) in [6.45, 7) is 3.11. The van der Waals surface area contributed by atoms with E-state index >= 15 is 0 Å². The number of hydrogen-bond acceptors (Lipinski definition) is 9. The summed E-state index contributed by atoms with van der Waals surface area (Å²) in [5.41, 5.74) is 6.72. The lowest BCUT2D eigenvalue weighted by molar-refractivity contribution is -0.0334. The third-order valence-electron chi connectivity index (χ3n) is 5.47. The van der Waals surface area contributed by atoms with Crippen molar-refractivity contribution >= 4 is 11.0 Å². The van der Waals surface area contributed by atoms with Crippen LogP contribution in [0.2, 0.25) is 0 Å². The maximum atomic E-state index is 12.9. The number of para-hydroxylation sites is 1. The fourth-order valence-electron chi connectivity index (χ4n) is 3.87. The molecule has 1 atom stereocenters. The quantitative estimate of drug-likeness (QED) is 0.582. The summed E-state index contributed by atoms with van der Waals surface area (Å²) in [5, 5.41) is 10.3. The van der Waals surface area contributed by atoms with Crippen molar-refractivity contribution in [1.82, 2.24) is 0 Å². The van der Waals surface area contributed by atoms with Crippen LogP contribution in [0, 0.1) is 11.3 Å². The van der Waals surface area contributed by atoms with E-state index in [0.717, 1.165) is 26.4 Å². The maximum Gasteiger partial charge on any atom is 0.344 e. The molecule has 0 radical (unpaired) electrons. The van der Waals surface area contributed by atoms with Gasteiger partial charge in [-0.25, -0.2) is 4.79 Å². The van der Waals surface area contributed by atoms with Gasteiger partial charge in [0.05, 0.1) is 57.5 Å². The van der Waals surface area contributed by atoms with Crippen LogP contribution in [0.15, 0.2) is 63.1 Å². The summed E-state index contributed by atoms with van der Waals surface area (Å²) in [6.07, 6.45) is 0. The molecule has 0 saturated carbocycles. The molecule has 1 saturated heterocycles. The fraction of sp³-hybridized carbons (Fsp3) is 0.280. The van der Waals surface area contributed by atoms with Gasteiger partial charge in [-0.2, -0.15) is 5.26 Å². The summed E-state index contributed by atoms with van der Waals surface area (Å²) >= 11 is 0. The van der Waals surface area contributed by atoms with Crippen molar-refractivity contribution in [1.29, 1.82) is 5.26 Å². The summed E-state index contributed by atoms with van der Waals surface area (Å²) < 4.78 is 31.8. The van der Waals surface area contributed by atoms with Crippen molar-refractivity contribution < 1.29 is 28.1 Å². The monoisotopic (exact) mass is 464 g/mol. The Morgan fingerprint density at radius 2 is 1.74 bits per heavy atom. The molecule has 2 aliphatic heterocycles. The number of nitrogens with zero attached hydrogens (tertiary/aromatic N) is 1. The van der Waals surface area contributed by atoms with Crippen molar-refractivity contribution in [3.8, 4) is 23.3 Å². The number of allylic oxidation sites excluding steroid dienone is 1. The predicted octanol–water partition coefficient (Wildman–Crippen LogP) is 3.06. The van der Waals surface area contributed by atoms with Gasteiger partial charge in [0.15, 0.2) is 5.75 Å². The first-order valence-electron chi connectivity index (χ1n) is 10.6.